The van der Waals surface area contributed by atoms with E-state index in [2.05, 4.69) is 16.2 Å². The summed E-state index contributed by atoms with van der Waals surface area (Å²) in [6.45, 7) is 3.59. The van der Waals surface area contributed by atoms with Crippen LogP contribution in [0, 0.1) is 0 Å². The van der Waals surface area contributed by atoms with Crippen molar-refractivity contribution in [1.29, 1.82) is 0 Å². The molecule has 0 aliphatic carbocycles. The van der Waals surface area contributed by atoms with Crippen LogP contribution in [0.3, 0.4) is 0 Å². The molecule has 0 aromatic heterocycles. The van der Waals surface area contributed by atoms with E-state index >= 15 is 0 Å². The van der Waals surface area contributed by atoms with Crippen molar-refractivity contribution in [1.82, 2.24) is 16.2 Å². The number of carbonyl (C=O) groups excluding carboxylic acids is 3. The first kappa shape index (κ1) is 23.3. The zero-order valence-corrected chi connectivity index (χ0v) is 17.8. The SMILES string of the molecule is CCOc1ccc(O[C@@H](C)C(=O)NNC(=O)CNC(=O)c2ccc(Cl)cc2Cl)cc1. The summed E-state index contributed by atoms with van der Waals surface area (Å²) >= 11 is 11.7. The van der Waals surface area contributed by atoms with Crippen LogP contribution < -0.4 is 25.6 Å². The number of hydrogen-bond donors (Lipinski definition) is 3. The van der Waals surface area contributed by atoms with E-state index in [0.717, 1.165) is 0 Å². The fourth-order valence-electron chi connectivity index (χ4n) is 2.25. The van der Waals surface area contributed by atoms with E-state index in [0.29, 0.717) is 23.1 Å². The van der Waals surface area contributed by atoms with Crippen molar-refractivity contribution < 1.29 is 23.9 Å². The van der Waals surface area contributed by atoms with Crippen molar-refractivity contribution in [3.8, 4) is 11.5 Å². The van der Waals surface area contributed by atoms with Crippen LogP contribution in [0.1, 0.15) is 24.2 Å². The number of nitrogens with one attached hydrogen (secondary N) is 3. The lowest BCUT2D eigenvalue weighted by Gasteiger charge is -2.15. The zero-order valence-electron chi connectivity index (χ0n) is 16.3. The molecule has 3 amide bonds. The van der Waals surface area contributed by atoms with Gasteiger partial charge in [0.05, 0.1) is 23.7 Å². The topological polar surface area (TPSA) is 106 Å². The molecule has 3 N–H and O–H groups in total. The monoisotopic (exact) mass is 453 g/mol. The summed E-state index contributed by atoms with van der Waals surface area (Å²) in [6.07, 6.45) is -0.870. The van der Waals surface area contributed by atoms with E-state index < -0.39 is 23.8 Å². The van der Waals surface area contributed by atoms with Crippen LogP contribution in [0.25, 0.3) is 0 Å². The van der Waals surface area contributed by atoms with E-state index in [4.69, 9.17) is 32.7 Å². The minimum Gasteiger partial charge on any atom is -0.494 e. The average Bonchev–Trinajstić information content (AvgIpc) is 2.71. The van der Waals surface area contributed by atoms with Crippen LogP contribution in [0.15, 0.2) is 42.5 Å². The summed E-state index contributed by atoms with van der Waals surface area (Å²) in [5, 5.41) is 2.94. The minimum absolute atomic E-state index is 0.161. The van der Waals surface area contributed by atoms with E-state index in [1.165, 1.54) is 25.1 Å². The van der Waals surface area contributed by atoms with Crippen molar-refractivity contribution in [3.05, 3.63) is 58.1 Å². The first-order valence-corrected chi connectivity index (χ1v) is 9.77. The summed E-state index contributed by atoms with van der Waals surface area (Å²) in [5.41, 5.74) is 4.61. The maximum Gasteiger partial charge on any atom is 0.279 e. The maximum absolute atomic E-state index is 12.1. The van der Waals surface area contributed by atoms with Crippen LogP contribution in [0.5, 0.6) is 11.5 Å². The van der Waals surface area contributed by atoms with Crippen molar-refractivity contribution in [3.63, 3.8) is 0 Å². The molecule has 0 saturated carbocycles. The third-order valence-corrected chi connectivity index (χ3v) is 4.28. The molecule has 160 valence electrons. The Morgan fingerprint density at radius 1 is 1.00 bits per heavy atom. The zero-order chi connectivity index (χ0) is 22.1. The lowest BCUT2D eigenvalue weighted by molar-refractivity contribution is -0.132. The predicted molar refractivity (Wildman–Crippen MR) is 113 cm³/mol. The number of ether oxygens (including phenoxy) is 2. The summed E-state index contributed by atoms with van der Waals surface area (Å²) in [6, 6.07) is 11.2. The molecule has 0 saturated heterocycles. The number of hydrogen-bond acceptors (Lipinski definition) is 5. The third-order valence-electron chi connectivity index (χ3n) is 3.73. The molecule has 0 spiro atoms. The van der Waals surface area contributed by atoms with Crippen LogP contribution in [-0.2, 0) is 9.59 Å². The third kappa shape index (κ3) is 7.13. The molecule has 0 bridgehead atoms. The largest absolute Gasteiger partial charge is 0.494 e. The number of carbonyl (C=O) groups is 3. The molecular weight excluding hydrogens is 433 g/mol. The van der Waals surface area contributed by atoms with Gasteiger partial charge < -0.3 is 14.8 Å². The highest BCUT2D eigenvalue weighted by Crippen LogP contribution is 2.21. The number of rotatable bonds is 8. The van der Waals surface area contributed by atoms with Gasteiger partial charge in [0.25, 0.3) is 17.7 Å². The van der Waals surface area contributed by atoms with Gasteiger partial charge in [0.15, 0.2) is 6.10 Å². The number of halogens is 2. The molecule has 0 unspecified atom stereocenters. The standard InChI is InChI=1S/C20H21Cl2N3O5/c1-3-29-14-5-7-15(8-6-14)30-12(2)19(27)25-24-18(26)11-23-20(28)16-9-4-13(21)10-17(16)22/h4-10,12H,3,11H2,1-2H3,(H,23,28)(H,24,26)(H,25,27)/t12-/m0/s1. The second kappa shape index (κ2) is 11.3. The molecule has 0 heterocycles. The molecule has 2 rings (SSSR count). The Hall–Kier alpha value is -2.97. The maximum atomic E-state index is 12.1. The van der Waals surface area contributed by atoms with Gasteiger partial charge in [0.1, 0.15) is 11.5 Å². The van der Waals surface area contributed by atoms with Crippen LogP contribution >= 0.6 is 23.2 Å². The summed E-state index contributed by atoms with van der Waals surface area (Å²) in [5.74, 6) is -0.583. The Labute approximate surface area is 183 Å². The Morgan fingerprint density at radius 2 is 1.67 bits per heavy atom. The lowest BCUT2D eigenvalue weighted by atomic mass is 10.2. The summed E-state index contributed by atoms with van der Waals surface area (Å²) < 4.78 is 10.8. The molecule has 0 aliphatic heterocycles. The van der Waals surface area contributed by atoms with Gasteiger partial charge in [-0.3, -0.25) is 25.2 Å². The van der Waals surface area contributed by atoms with E-state index in [1.807, 2.05) is 6.92 Å². The van der Waals surface area contributed by atoms with E-state index in [1.54, 1.807) is 24.3 Å². The Kier molecular flexibility index (Phi) is 8.76. The van der Waals surface area contributed by atoms with Crippen molar-refractivity contribution in [2.45, 2.75) is 20.0 Å². The van der Waals surface area contributed by atoms with E-state index in [-0.39, 0.29) is 17.1 Å². The van der Waals surface area contributed by atoms with Gasteiger partial charge in [0, 0.05) is 5.02 Å². The molecule has 1 atom stereocenters. The summed E-state index contributed by atoms with van der Waals surface area (Å²) in [4.78, 5) is 36.0. The van der Waals surface area contributed by atoms with Gasteiger partial charge in [-0.1, -0.05) is 23.2 Å². The molecule has 0 aliphatic rings. The fraction of sp³-hybridized carbons (Fsp3) is 0.250. The molecule has 8 nitrogen and oxygen atoms in total. The second-order valence-electron chi connectivity index (χ2n) is 6.01. The highest BCUT2D eigenvalue weighted by Gasteiger charge is 2.16. The van der Waals surface area contributed by atoms with Crippen LogP contribution in [0.2, 0.25) is 10.0 Å². The Bertz CT molecular complexity index is 906. The van der Waals surface area contributed by atoms with Crippen LogP contribution in [0.4, 0.5) is 0 Å². The van der Waals surface area contributed by atoms with Crippen molar-refractivity contribution in [2.24, 2.45) is 0 Å². The number of benzene rings is 2. The Balaban J connectivity index is 1.75. The van der Waals surface area contributed by atoms with Crippen LogP contribution in [-0.4, -0.2) is 37.0 Å². The molecule has 2 aromatic rings. The molecule has 0 radical (unpaired) electrons. The van der Waals surface area contributed by atoms with Gasteiger partial charge in [-0.2, -0.15) is 0 Å². The molecular formula is C20H21Cl2N3O5. The van der Waals surface area contributed by atoms with Crippen molar-refractivity contribution >= 4 is 40.9 Å². The number of amides is 3. The quantitative estimate of drug-likeness (QED) is 0.532. The smallest absolute Gasteiger partial charge is 0.279 e. The lowest BCUT2D eigenvalue weighted by Crippen LogP contribution is -2.50. The molecule has 10 heteroatoms. The molecule has 0 fully saturated rings. The second-order valence-corrected chi connectivity index (χ2v) is 6.85. The predicted octanol–water partition coefficient (Wildman–Crippen LogP) is 2.74. The normalized spacial score (nSPS) is 11.2. The van der Waals surface area contributed by atoms with Gasteiger partial charge in [0.2, 0.25) is 0 Å². The van der Waals surface area contributed by atoms with Gasteiger partial charge in [-0.25, -0.2) is 0 Å². The van der Waals surface area contributed by atoms with Gasteiger partial charge in [-0.15, -0.1) is 0 Å². The Morgan fingerprint density at radius 3 is 2.30 bits per heavy atom. The highest BCUT2D eigenvalue weighted by atomic mass is 35.5. The highest BCUT2D eigenvalue weighted by molar-refractivity contribution is 6.36. The van der Waals surface area contributed by atoms with Crippen molar-refractivity contribution in [2.75, 3.05) is 13.2 Å². The molecule has 30 heavy (non-hydrogen) atoms. The minimum atomic E-state index is -0.870. The molecule has 2 aromatic carbocycles. The average molecular weight is 454 g/mol. The first-order chi connectivity index (χ1) is 14.3. The number of hydrazine groups is 1. The first-order valence-electron chi connectivity index (χ1n) is 9.01. The van der Waals surface area contributed by atoms with Gasteiger partial charge >= 0.3 is 0 Å². The fourth-order valence-corrected chi connectivity index (χ4v) is 2.74. The summed E-state index contributed by atoms with van der Waals surface area (Å²) in [7, 11) is 0. The van der Waals surface area contributed by atoms with Gasteiger partial charge in [-0.05, 0) is 56.3 Å². The van der Waals surface area contributed by atoms with E-state index in [9.17, 15) is 14.4 Å².